The molecule has 0 bridgehead atoms. The molecule has 6 nitrogen and oxygen atoms in total. The molecular formula is C18H19N5OS. The van der Waals surface area contributed by atoms with E-state index in [4.69, 9.17) is 0 Å². The van der Waals surface area contributed by atoms with Crippen LogP contribution in [0.5, 0.6) is 0 Å². The summed E-state index contributed by atoms with van der Waals surface area (Å²) in [6.07, 6.45) is 9.46. The first-order valence-corrected chi connectivity index (χ1v) is 9.35. The summed E-state index contributed by atoms with van der Waals surface area (Å²) in [5.74, 6) is -0.0915. The molecule has 3 aromatic heterocycles. The second-order valence-electron chi connectivity index (χ2n) is 6.20. The van der Waals surface area contributed by atoms with E-state index in [0.29, 0.717) is 10.9 Å². The van der Waals surface area contributed by atoms with Crippen molar-refractivity contribution in [3.63, 3.8) is 0 Å². The summed E-state index contributed by atoms with van der Waals surface area (Å²) in [5, 5.41) is 8.81. The Labute approximate surface area is 150 Å². The summed E-state index contributed by atoms with van der Waals surface area (Å²) in [4.78, 5) is 21.0. The van der Waals surface area contributed by atoms with Gasteiger partial charge in [0.1, 0.15) is 0 Å². The zero-order valence-corrected chi connectivity index (χ0v) is 14.5. The highest BCUT2D eigenvalue weighted by Crippen LogP contribution is 2.31. The van der Waals surface area contributed by atoms with Crippen LogP contribution in [0.3, 0.4) is 0 Å². The Bertz CT molecular complexity index is 825. The van der Waals surface area contributed by atoms with Crippen LogP contribution in [-0.2, 0) is 0 Å². The van der Waals surface area contributed by atoms with Crippen LogP contribution in [0.1, 0.15) is 36.2 Å². The maximum Gasteiger partial charge on any atom is 0.272 e. The highest BCUT2D eigenvalue weighted by Gasteiger charge is 2.24. The van der Waals surface area contributed by atoms with E-state index < -0.39 is 0 Å². The number of hydrogen-bond acceptors (Lipinski definition) is 5. The van der Waals surface area contributed by atoms with E-state index in [1.165, 1.54) is 0 Å². The van der Waals surface area contributed by atoms with Crippen molar-refractivity contribution in [2.75, 3.05) is 0 Å². The lowest BCUT2D eigenvalue weighted by molar-refractivity contribution is 0.0922. The van der Waals surface area contributed by atoms with Gasteiger partial charge in [0.05, 0.1) is 5.52 Å². The molecule has 0 saturated heterocycles. The minimum Gasteiger partial charge on any atom is -0.348 e. The normalized spacial score (nSPS) is 20.5. The molecule has 0 radical (unpaired) electrons. The van der Waals surface area contributed by atoms with Crippen LogP contribution in [0, 0.1) is 0 Å². The molecule has 3 heterocycles. The Kier molecular flexibility index (Phi) is 4.65. The van der Waals surface area contributed by atoms with E-state index in [9.17, 15) is 4.79 Å². The fraction of sp³-hybridized carbons (Fsp3) is 0.333. The van der Waals surface area contributed by atoms with Gasteiger partial charge in [-0.05, 0) is 49.9 Å². The fourth-order valence-corrected chi connectivity index (χ4v) is 4.18. The third-order valence-corrected chi connectivity index (χ3v) is 5.65. The van der Waals surface area contributed by atoms with Crippen molar-refractivity contribution in [1.29, 1.82) is 0 Å². The Hall–Kier alpha value is -2.41. The van der Waals surface area contributed by atoms with Crippen LogP contribution in [0.25, 0.3) is 5.52 Å². The third-order valence-electron chi connectivity index (χ3n) is 4.43. The average Bonchev–Trinajstić information content (AvgIpc) is 3.09. The first-order chi connectivity index (χ1) is 12.3. The van der Waals surface area contributed by atoms with Crippen LogP contribution in [-0.4, -0.2) is 36.8 Å². The van der Waals surface area contributed by atoms with Gasteiger partial charge in [-0.2, -0.15) is 5.10 Å². The van der Waals surface area contributed by atoms with Gasteiger partial charge >= 0.3 is 0 Å². The molecule has 25 heavy (non-hydrogen) atoms. The first kappa shape index (κ1) is 16.1. The standard InChI is InChI=1S/C18H19N5OS/c24-17(16-12-14-4-1-2-11-23(14)22-16)21-13-5-7-15(8-6-13)25-18-19-9-3-10-20-18/h1-4,9-13,15H,5-8H2,(H,21,24). The van der Waals surface area contributed by atoms with Crippen molar-refractivity contribution in [2.45, 2.75) is 42.1 Å². The third kappa shape index (κ3) is 3.82. The molecule has 0 aliphatic heterocycles. The average molecular weight is 353 g/mol. The zero-order chi connectivity index (χ0) is 17.1. The Morgan fingerprint density at radius 1 is 1.12 bits per heavy atom. The maximum absolute atomic E-state index is 12.4. The SMILES string of the molecule is O=C(NC1CCC(Sc2ncccn2)CC1)c1cc2ccccn2n1. The first-order valence-electron chi connectivity index (χ1n) is 8.47. The lowest BCUT2D eigenvalue weighted by atomic mass is 9.95. The molecule has 1 amide bonds. The van der Waals surface area contributed by atoms with E-state index in [-0.39, 0.29) is 11.9 Å². The lowest BCUT2D eigenvalue weighted by Gasteiger charge is -2.28. The van der Waals surface area contributed by atoms with Crippen molar-refractivity contribution in [3.8, 4) is 0 Å². The van der Waals surface area contributed by atoms with Crippen LogP contribution in [0.15, 0.2) is 54.1 Å². The minimum absolute atomic E-state index is 0.0915. The second kappa shape index (κ2) is 7.23. The van der Waals surface area contributed by atoms with Gasteiger partial charge in [-0.1, -0.05) is 17.8 Å². The molecule has 0 aromatic carbocycles. The number of rotatable bonds is 4. The number of aromatic nitrogens is 4. The molecule has 128 valence electrons. The molecule has 3 aromatic rings. The van der Waals surface area contributed by atoms with E-state index in [1.807, 2.05) is 36.5 Å². The van der Waals surface area contributed by atoms with E-state index in [2.05, 4.69) is 20.4 Å². The Morgan fingerprint density at radius 2 is 1.92 bits per heavy atom. The summed E-state index contributed by atoms with van der Waals surface area (Å²) in [7, 11) is 0. The Morgan fingerprint density at radius 3 is 2.68 bits per heavy atom. The molecular weight excluding hydrogens is 334 g/mol. The molecule has 4 rings (SSSR count). The predicted molar refractivity (Wildman–Crippen MR) is 96.6 cm³/mol. The molecule has 0 unspecified atom stereocenters. The molecule has 1 N–H and O–H groups in total. The predicted octanol–water partition coefficient (Wildman–Crippen LogP) is 2.96. The van der Waals surface area contributed by atoms with Crippen molar-refractivity contribution in [2.24, 2.45) is 0 Å². The van der Waals surface area contributed by atoms with Gasteiger partial charge in [0, 0.05) is 29.9 Å². The number of carbonyl (C=O) groups is 1. The van der Waals surface area contributed by atoms with Crippen LogP contribution in [0.2, 0.25) is 0 Å². The number of amides is 1. The van der Waals surface area contributed by atoms with Crippen molar-refractivity contribution < 1.29 is 4.79 Å². The molecule has 7 heteroatoms. The Balaban J connectivity index is 1.31. The van der Waals surface area contributed by atoms with Crippen LogP contribution >= 0.6 is 11.8 Å². The molecule has 0 atom stereocenters. The molecule has 1 fully saturated rings. The number of nitrogens with one attached hydrogen (secondary N) is 1. The smallest absolute Gasteiger partial charge is 0.272 e. The molecule has 0 spiro atoms. The summed E-state index contributed by atoms with van der Waals surface area (Å²) in [5.41, 5.74) is 1.40. The number of hydrogen-bond donors (Lipinski definition) is 1. The summed E-state index contributed by atoms with van der Waals surface area (Å²) < 4.78 is 1.72. The quantitative estimate of drug-likeness (QED) is 0.730. The molecule has 1 aliphatic carbocycles. The van der Waals surface area contributed by atoms with Crippen molar-refractivity contribution in [3.05, 3.63) is 54.6 Å². The summed E-state index contributed by atoms with van der Waals surface area (Å²) in [6, 6.07) is 9.65. The number of nitrogens with zero attached hydrogens (tertiary/aromatic N) is 4. The topological polar surface area (TPSA) is 72.2 Å². The fourth-order valence-electron chi connectivity index (χ4n) is 3.13. The molecule has 1 saturated carbocycles. The van der Waals surface area contributed by atoms with Crippen molar-refractivity contribution >= 4 is 23.2 Å². The number of carbonyl (C=O) groups excluding carboxylic acids is 1. The lowest BCUT2D eigenvalue weighted by Crippen LogP contribution is -2.38. The largest absolute Gasteiger partial charge is 0.348 e. The number of thioether (sulfide) groups is 1. The highest BCUT2D eigenvalue weighted by atomic mass is 32.2. The summed E-state index contributed by atoms with van der Waals surface area (Å²) >= 11 is 1.73. The van der Waals surface area contributed by atoms with Gasteiger partial charge in [0.15, 0.2) is 10.9 Å². The van der Waals surface area contributed by atoms with Crippen LogP contribution in [0.4, 0.5) is 0 Å². The highest BCUT2D eigenvalue weighted by molar-refractivity contribution is 7.99. The molecule has 1 aliphatic rings. The summed E-state index contributed by atoms with van der Waals surface area (Å²) in [6.45, 7) is 0. The van der Waals surface area contributed by atoms with E-state index in [0.717, 1.165) is 36.4 Å². The zero-order valence-electron chi connectivity index (χ0n) is 13.7. The maximum atomic E-state index is 12.4. The minimum atomic E-state index is -0.0915. The van der Waals surface area contributed by atoms with Gasteiger partial charge in [-0.15, -0.1) is 0 Å². The van der Waals surface area contributed by atoms with Gasteiger partial charge in [-0.25, -0.2) is 14.5 Å². The monoisotopic (exact) mass is 353 g/mol. The van der Waals surface area contributed by atoms with Gasteiger partial charge in [-0.3, -0.25) is 4.79 Å². The van der Waals surface area contributed by atoms with Gasteiger partial charge < -0.3 is 5.32 Å². The van der Waals surface area contributed by atoms with Gasteiger partial charge in [0.25, 0.3) is 5.91 Å². The van der Waals surface area contributed by atoms with E-state index in [1.54, 1.807) is 28.7 Å². The van der Waals surface area contributed by atoms with Crippen molar-refractivity contribution in [1.82, 2.24) is 24.9 Å². The van der Waals surface area contributed by atoms with Gasteiger partial charge in [0.2, 0.25) is 0 Å². The second-order valence-corrected chi connectivity index (χ2v) is 7.46. The number of fused-ring (bicyclic) bond motifs is 1. The van der Waals surface area contributed by atoms with Crippen LogP contribution < -0.4 is 5.32 Å². The number of pyridine rings is 1. The van der Waals surface area contributed by atoms with E-state index >= 15 is 0 Å².